The van der Waals surface area contributed by atoms with Gasteiger partial charge in [0.25, 0.3) is 5.91 Å². The largest absolute Gasteiger partial charge is 0.493 e. The number of rotatable bonds is 1. The van der Waals surface area contributed by atoms with Crippen LogP contribution >= 0.6 is 0 Å². The summed E-state index contributed by atoms with van der Waals surface area (Å²) in [5.41, 5.74) is 6.02. The zero-order chi connectivity index (χ0) is 14.4. The second-order valence-electron chi connectivity index (χ2n) is 5.48. The fraction of sp³-hybridized carbons (Fsp3) is 0.167. The lowest BCUT2D eigenvalue weighted by Gasteiger charge is -2.04. The predicted octanol–water partition coefficient (Wildman–Crippen LogP) is 3.42. The zero-order valence-corrected chi connectivity index (χ0v) is 11.8. The number of hydrogen-bond donors (Lipinski definition) is 1. The number of benzene rings is 2. The van der Waals surface area contributed by atoms with E-state index >= 15 is 0 Å². The minimum absolute atomic E-state index is 0.0314. The summed E-state index contributed by atoms with van der Waals surface area (Å²) in [6.07, 6.45) is 2.90. The summed E-state index contributed by atoms with van der Waals surface area (Å²) in [6.45, 7) is 2.78. The average molecular weight is 277 g/mol. The monoisotopic (exact) mass is 277 g/mol. The summed E-state index contributed by atoms with van der Waals surface area (Å²) < 4.78 is 5.52. The van der Waals surface area contributed by atoms with Crippen LogP contribution in [0.1, 0.15) is 22.3 Å². The van der Waals surface area contributed by atoms with Gasteiger partial charge >= 0.3 is 0 Å². The van der Waals surface area contributed by atoms with Gasteiger partial charge in [-0.15, -0.1) is 0 Å². The lowest BCUT2D eigenvalue weighted by atomic mass is 9.98. The molecule has 4 rings (SSSR count). The van der Waals surface area contributed by atoms with Crippen LogP contribution in [0.15, 0.2) is 36.4 Å². The van der Waals surface area contributed by atoms with Crippen molar-refractivity contribution in [2.45, 2.75) is 13.3 Å². The topological polar surface area (TPSA) is 38.3 Å². The molecule has 0 fully saturated rings. The fourth-order valence-electron chi connectivity index (χ4n) is 3.03. The van der Waals surface area contributed by atoms with Crippen molar-refractivity contribution in [3.63, 3.8) is 0 Å². The Morgan fingerprint density at radius 3 is 3.05 bits per heavy atom. The molecule has 104 valence electrons. The van der Waals surface area contributed by atoms with Crippen molar-refractivity contribution in [3.8, 4) is 5.75 Å². The highest BCUT2D eigenvalue weighted by Gasteiger charge is 2.25. The molecule has 0 radical (unpaired) electrons. The molecule has 0 unspecified atom stereocenters. The van der Waals surface area contributed by atoms with Crippen LogP contribution in [0, 0.1) is 6.92 Å². The molecule has 0 bridgehead atoms. The van der Waals surface area contributed by atoms with Crippen LogP contribution in [0.3, 0.4) is 0 Å². The summed E-state index contributed by atoms with van der Waals surface area (Å²) in [7, 11) is 0. The van der Waals surface area contributed by atoms with E-state index in [0.29, 0.717) is 0 Å². The van der Waals surface area contributed by atoms with Gasteiger partial charge in [0.15, 0.2) is 0 Å². The van der Waals surface area contributed by atoms with Gasteiger partial charge in [-0.3, -0.25) is 4.79 Å². The SMILES string of the molecule is Cc1cccc2c1/C(=C/c1ccc3c(c1)CCO3)C(=O)N2. The number of carbonyl (C=O) groups is 1. The van der Waals surface area contributed by atoms with Crippen LogP contribution in [-0.2, 0) is 11.2 Å². The van der Waals surface area contributed by atoms with Gasteiger partial charge in [-0.2, -0.15) is 0 Å². The van der Waals surface area contributed by atoms with E-state index in [-0.39, 0.29) is 5.91 Å². The Morgan fingerprint density at radius 2 is 2.14 bits per heavy atom. The standard InChI is InChI=1S/C18H15NO2/c1-11-3-2-4-15-17(11)14(18(20)19-15)10-12-5-6-16-13(9-12)7-8-21-16/h2-6,9-10H,7-8H2,1H3,(H,19,20)/b14-10-. The second-order valence-corrected chi connectivity index (χ2v) is 5.48. The minimum Gasteiger partial charge on any atom is -0.493 e. The quantitative estimate of drug-likeness (QED) is 0.811. The van der Waals surface area contributed by atoms with E-state index in [9.17, 15) is 4.79 Å². The van der Waals surface area contributed by atoms with Gasteiger partial charge in [-0.1, -0.05) is 18.2 Å². The third-order valence-corrected chi connectivity index (χ3v) is 4.06. The lowest BCUT2D eigenvalue weighted by Crippen LogP contribution is -2.03. The number of nitrogens with one attached hydrogen (secondary N) is 1. The molecular weight excluding hydrogens is 262 g/mol. The van der Waals surface area contributed by atoms with Crippen molar-refractivity contribution in [1.29, 1.82) is 0 Å². The maximum atomic E-state index is 12.2. The highest BCUT2D eigenvalue weighted by atomic mass is 16.5. The molecule has 2 heterocycles. The number of carbonyl (C=O) groups excluding carboxylic acids is 1. The molecule has 3 nitrogen and oxygen atoms in total. The molecule has 0 saturated carbocycles. The maximum absolute atomic E-state index is 12.2. The first kappa shape index (κ1) is 12.2. The van der Waals surface area contributed by atoms with Crippen molar-refractivity contribution in [3.05, 3.63) is 58.7 Å². The molecule has 3 heteroatoms. The Kier molecular flexibility index (Phi) is 2.61. The van der Waals surface area contributed by atoms with E-state index in [4.69, 9.17) is 4.74 Å². The Hall–Kier alpha value is -2.55. The van der Waals surface area contributed by atoms with Crippen molar-refractivity contribution < 1.29 is 9.53 Å². The van der Waals surface area contributed by atoms with Crippen LogP contribution in [0.2, 0.25) is 0 Å². The van der Waals surface area contributed by atoms with Gasteiger partial charge < -0.3 is 10.1 Å². The summed E-state index contributed by atoms with van der Waals surface area (Å²) in [4.78, 5) is 12.2. The second kappa shape index (κ2) is 4.48. The smallest absolute Gasteiger partial charge is 0.256 e. The number of amides is 1. The summed E-state index contributed by atoms with van der Waals surface area (Å²) in [5, 5.41) is 2.93. The van der Waals surface area contributed by atoms with E-state index < -0.39 is 0 Å². The van der Waals surface area contributed by atoms with Gasteiger partial charge in [-0.05, 0) is 47.9 Å². The van der Waals surface area contributed by atoms with Crippen molar-refractivity contribution in [2.75, 3.05) is 11.9 Å². The molecule has 21 heavy (non-hydrogen) atoms. The molecule has 2 aliphatic heterocycles. The number of aryl methyl sites for hydroxylation is 1. The van der Waals surface area contributed by atoms with Crippen LogP contribution in [-0.4, -0.2) is 12.5 Å². The highest BCUT2D eigenvalue weighted by Crippen LogP contribution is 2.36. The van der Waals surface area contributed by atoms with E-state index in [0.717, 1.165) is 46.7 Å². The Bertz CT molecular complexity index is 790. The first-order valence-corrected chi connectivity index (χ1v) is 7.11. The first-order chi connectivity index (χ1) is 10.2. The third kappa shape index (κ3) is 1.93. The van der Waals surface area contributed by atoms with Gasteiger partial charge in [0.05, 0.1) is 6.61 Å². The van der Waals surface area contributed by atoms with Gasteiger partial charge in [-0.25, -0.2) is 0 Å². The van der Waals surface area contributed by atoms with Crippen LogP contribution in [0.5, 0.6) is 5.75 Å². The molecule has 1 amide bonds. The molecule has 2 aromatic rings. The van der Waals surface area contributed by atoms with E-state index in [1.54, 1.807) is 0 Å². The summed E-state index contributed by atoms with van der Waals surface area (Å²) in [6, 6.07) is 12.0. The molecule has 0 aliphatic carbocycles. The van der Waals surface area contributed by atoms with Crippen molar-refractivity contribution in [2.24, 2.45) is 0 Å². The zero-order valence-electron chi connectivity index (χ0n) is 11.8. The van der Waals surface area contributed by atoms with Crippen molar-refractivity contribution >= 4 is 23.2 Å². The predicted molar refractivity (Wildman–Crippen MR) is 83.3 cm³/mol. The van der Waals surface area contributed by atoms with Gasteiger partial charge in [0, 0.05) is 23.2 Å². The lowest BCUT2D eigenvalue weighted by molar-refractivity contribution is -0.110. The third-order valence-electron chi connectivity index (χ3n) is 4.06. The Labute approximate surface area is 123 Å². The molecule has 2 aromatic carbocycles. The van der Waals surface area contributed by atoms with E-state index in [1.165, 1.54) is 5.56 Å². The van der Waals surface area contributed by atoms with E-state index in [1.807, 2.05) is 43.3 Å². The maximum Gasteiger partial charge on any atom is 0.256 e. The van der Waals surface area contributed by atoms with Gasteiger partial charge in [0.2, 0.25) is 0 Å². The normalized spacial score (nSPS) is 17.4. The van der Waals surface area contributed by atoms with Crippen LogP contribution < -0.4 is 10.1 Å². The fourth-order valence-corrected chi connectivity index (χ4v) is 3.03. The molecule has 2 aliphatic rings. The Balaban J connectivity index is 1.82. The number of fused-ring (bicyclic) bond motifs is 2. The molecule has 0 atom stereocenters. The highest BCUT2D eigenvalue weighted by molar-refractivity contribution is 6.35. The van der Waals surface area contributed by atoms with Crippen LogP contribution in [0.25, 0.3) is 11.6 Å². The molecule has 0 spiro atoms. The summed E-state index contributed by atoms with van der Waals surface area (Å²) >= 11 is 0. The number of ether oxygens (including phenoxy) is 1. The molecular formula is C18H15NO2. The minimum atomic E-state index is -0.0314. The number of hydrogen-bond acceptors (Lipinski definition) is 2. The molecule has 1 N–H and O–H groups in total. The number of anilines is 1. The van der Waals surface area contributed by atoms with Gasteiger partial charge in [0.1, 0.15) is 5.75 Å². The average Bonchev–Trinajstić information content (AvgIpc) is 3.04. The molecule has 0 saturated heterocycles. The summed E-state index contributed by atoms with van der Waals surface area (Å²) in [5.74, 6) is 0.931. The van der Waals surface area contributed by atoms with E-state index in [2.05, 4.69) is 11.4 Å². The van der Waals surface area contributed by atoms with Crippen LogP contribution in [0.4, 0.5) is 5.69 Å². The molecule has 0 aromatic heterocycles. The van der Waals surface area contributed by atoms with Crippen molar-refractivity contribution in [1.82, 2.24) is 0 Å². The first-order valence-electron chi connectivity index (χ1n) is 7.11. The Morgan fingerprint density at radius 1 is 1.24 bits per heavy atom.